The monoisotopic (exact) mass is 287 g/mol. The summed E-state index contributed by atoms with van der Waals surface area (Å²) in [5.74, 6) is -2.09. The van der Waals surface area contributed by atoms with Crippen LogP contribution in [-0.2, 0) is 11.3 Å². The number of Topliss-reactive ketones (excluding diaryl/α,β-unsaturated/α-hetero) is 1. The predicted octanol–water partition coefficient (Wildman–Crippen LogP) is 2.18. The molecule has 0 spiro atoms. The van der Waals surface area contributed by atoms with E-state index in [-0.39, 0.29) is 11.4 Å². The van der Waals surface area contributed by atoms with Crippen molar-refractivity contribution in [2.24, 2.45) is 0 Å². The number of rotatable bonds is 3. The second-order valence-electron chi connectivity index (χ2n) is 4.31. The highest BCUT2D eigenvalue weighted by molar-refractivity contribution is 7.13. The predicted molar refractivity (Wildman–Crippen MR) is 73.2 cm³/mol. The van der Waals surface area contributed by atoms with Gasteiger partial charge in [0.1, 0.15) is 4.88 Å². The van der Waals surface area contributed by atoms with Crippen molar-refractivity contribution in [3.05, 3.63) is 51.7 Å². The van der Waals surface area contributed by atoms with Crippen LogP contribution in [0.1, 0.15) is 24.9 Å². The van der Waals surface area contributed by atoms with Crippen molar-refractivity contribution in [3.8, 4) is 0 Å². The fourth-order valence-electron chi connectivity index (χ4n) is 2.14. The summed E-state index contributed by atoms with van der Waals surface area (Å²) in [4.78, 5) is 37.0. The number of aromatic carboxylic acids is 1. The first-order valence-electron chi connectivity index (χ1n) is 5.85. The van der Waals surface area contributed by atoms with Crippen molar-refractivity contribution in [2.45, 2.75) is 6.54 Å². The Kier molecular flexibility index (Phi) is 2.87. The normalized spacial score (nSPS) is 13.7. The molecular weight excluding hydrogens is 278 g/mol. The lowest BCUT2D eigenvalue weighted by molar-refractivity contribution is -0.114. The van der Waals surface area contributed by atoms with E-state index in [4.69, 9.17) is 5.11 Å². The van der Waals surface area contributed by atoms with Gasteiger partial charge >= 0.3 is 5.97 Å². The Bertz CT molecular complexity index is 734. The number of carboxylic acids is 1. The Hall–Kier alpha value is -2.47. The molecule has 100 valence electrons. The number of ketones is 1. The minimum atomic E-state index is -0.995. The second kappa shape index (κ2) is 4.57. The first kappa shape index (κ1) is 12.6. The molecule has 0 radical (unpaired) electrons. The molecule has 6 heteroatoms. The number of hydrogen-bond donors (Lipinski definition) is 1. The topological polar surface area (TPSA) is 74.7 Å². The minimum absolute atomic E-state index is 0.208. The van der Waals surface area contributed by atoms with Crippen LogP contribution in [0.15, 0.2) is 36.4 Å². The molecule has 3 rings (SSSR count). The van der Waals surface area contributed by atoms with Gasteiger partial charge in [-0.15, -0.1) is 11.3 Å². The number of benzene rings is 1. The molecule has 0 atom stereocenters. The number of para-hydroxylation sites is 1. The van der Waals surface area contributed by atoms with E-state index in [9.17, 15) is 14.4 Å². The van der Waals surface area contributed by atoms with Crippen molar-refractivity contribution in [1.82, 2.24) is 0 Å². The van der Waals surface area contributed by atoms with Gasteiger partial charge in [-0.1, -0.05) is 12.1 Å². The van der Waals surface area contributed by atoms with Crippen LogP contribution in [0.5, 0.6) is 0 Å². The highest BCUT2D eigenvalue weighted by atomic mass is 32.1. The smallest absolute Gasteiger partial charge is 0.345 e. The van der Waals surface area contributed by atoms with Gasteiger partial charge in [0.25, 0.3) is 11.7 Å². The van der Waals surface area contributed by atoms with Gasteiger partial charge in [-0.25, -0.2) is 4.79 Å². The fourth-order valence-corrected chi connectivity index (χ4v) is 2.97. The molecule has 1 amide bonds. The summed E-state index contributed by atoms with van der Waals surface area (Å²) < 4.78 is 0. The molecule has 1 aromatic heterocycles. The number of nitrogens with zero attached hydrogens (tertiary/aromatic N) is 1. The average Bonchev–Trinajstić information content (AvgIpc) is 3.00. The standard InChI is InChI=1S/C14H9NO4S/c16-12-9-3-1-2-4-10(9)15(13(12)17)7-8-5-6-11(20-8)14(18)19/h1-6H,7H2,(H,18,19). The van der Waals surface area contributed by atoms with E-state index in [2.05, 4.69) is 0 Å². The molecule has 5 nitrogen and oxygen atoms in total. The zero-order chi connectivity index (χ0) is 14.3. The lowest BCUT2D eigenvalue weighted by atomic mass is 10.1. The lowest BCUT2D eigenvalue weighted by Gasteiger charge is -2.14. The molecule has 20 heavy (non-hydrogen) atoms. The third kappa shape index (κ3) is 1.90. The number of hydrogen-bond acceptors (Lipinski definition) is 4. The first-order valence-corrected chi connectivity index (χ1v) is 6.67. The first-order chi connectivity index (χ1) is 9.58. The Morgan fingerprint density at radius 3 is 2.60 bits per heavy atom. The van der Waals surface area contributed by atoms with Gasteiger partial charge in [0.05, 0.1) is 17.8 Å². The number of amides is 1. The van der Waals surface area contributed by atoms with Crippen LogP contribution >= 0.6 is 11.3 Å². The van der Waals surface area contributed by atoms with Crippen molar-refractivity contribution in [1.29, 1.82) is 0 Å². The van der Waals surface area contributed by atoms with Gasteiger partial charge in [0.15, 0.2) is 0 Å². The lowest BCUT2D eigenvalue weighted by Crippen LogP contribution is -2.28. The van der Waals surface area contributed by atoms with Crippen molar-refractivity contribution in [2.75, 3.05) is 4.90 Å². The second-order valence-corrected chi connectivity index (χ2v) is 5.48. The summed E-state index contributed by atoms with van der Waals surface area (Å²) >= 11 is 1.10. The molecule has 0 bridgehead atoms. The zero-order valence-corrected chi connectivity index (χ0v) is 11.0. The molecule has 0 aliphatic carbocycles. The highest BCUT2D eigenvalue weighted by Crippen LogP contribution is 2.31. The summed E-state index contributed by atoms with van der Waals surface area (Å²) in [5.41, 5.74) is 0.972. The maximum atomic E-state index is 12.0. The van der Waals surface area contributed by atoms with E-state index in [0.29, 0.717) is 11.3 Å². The van der Waals surface area contributed by atoms with E-state index in [1.54, 1.807) is 30.3 Å². The largest absolute Gasteiger partial charge is 0.477 e. The van der Waals surface area contributed by atoms with Crippen LogP contribution in [0.25, 0.3) is 0 Å². The van der Waals surface area contributed by atoms with Crippen LogP contribution in [-0.4, -0.2) is 22.8 Å². The number of carbonyl (C=O) groups is 3. The van der Waals surface area contributed by atoms with Crippen LogP contribution in [0.2, 0.25) is 0 Å². The number of thiophene rings is 1. The summed E-state index contributed by atoms with van der Waals surface area (Å²) in [6, 6.07) is 9.95. The van der Waals surface area contributed by atoms with Crippen LogP contribution in [0.3, 0.4) is 0 Å². The third-order valence-electron chi connectivity index (χ3n) is 3.07. The quantitative estimate of drug-likeness (QED) is 0.878. The maximum Gasteiger partial charge on any atom is 0.345 e. The van der Waals surface area contributed by atoms with Crippen molar-refractivity contribution >= 4 is 34.7 Å². The zero-order valence-electron chi connectivity index (χ0n) is 10.2. The number of anilines is 1. The molecule has 0 saturated carbocycles. The number of carboxylic acid groups (broad SMARTS) is 1. The molecule has 0 unspecified atom stereocenters. The summed E-state index contributed by atoms with van der Waals surface area (Å²) in [6.45, 7) is 0.208. The van der Waals surface area contributed by atoms with Gasteiger partial charge in [-0.2, -0.15) is 0 Å². The Balaban J connectivity index is 1.92. The van der Waals surface area contributed by atoms with Gasteiger partial charge < -0.3 is 5.11 Å². The number of fused-ring (bicyclic) bond motifs is 1. The van der Waals surface area contributed by atoms with Crippen molar-refractivity contribution in [3.63, 3.8) is 0 Å². The summed E-state index contributed by atoms with van der Waals surface area (Å²) in [5, 5.41) is 8.89. The molecule has 0 fully saturated rings. The van der Waals surface area contributed by atoms with E-state index in [1.807, 2.05) is 0 Å². The van der Waals surface area contributed by atoms with E-state index in [0.717, 1.165) is 16.2 Å². The van der Waals surface area contributed by atoms with Crippen LogP contribution in [0.4, 0.5) is 5.69 Å². The minimum Gasteiger partial charge on any atom is -0.477 e. The molecule has 1 aromatic carbocycles. The fraction of sp³-hybridized carbons (Fsp3) is 0.0714. The summed E-state index contributed by atoms with van der Waals surface area (Å²) in [6.07, 6.45) is 0. The summed E-state index contributed by atoms with van der Waals surface area (Å²) in [7, 11) is 0. The maximum absolute atomic E-state index is 12.0. The molecule has 1 N–H and O–H groups in total. The van der Waals surface area contributed by atoms with E-state index < -0.39 is 17.7 Å². The average molecular weight is 287 g/mol. The van der Waals surface area contributed by atoms with Crippen LogP contribution < -0.4 is 4.90 Å². The molecule has 1 aliphatic heterocycles. The molecular formula is C14H9NO4S. The van der Waals surface area contributed by atoms with Gasteiger partial charge in [0, 0.05) is 4.88 Å². The van der Waals surface area contributed by atoms with E-state index in [1.165, 1.54) is 11.0 Å². The van der Waals surface area contributed by atoms with Gasteiger partial charge in [-0.3, -0.25) is 14.5 Å². The third-order valence-corrected chi connectivity index (χ3v) is 4.12. The molecule has 2 heterocycles. The Morgan fingerprint density at radius 1 is 1.15 bits per heavy atom. The van der Waals surface area contributed by atoms with Gasteiger partial charge in [0.2, 0.25) is 0 Å². The van der Waals surface area contributed by atoms with Crippen molar-refractivity contribution < 1.29 is 19.5 Å². The SMILES string of the molecule is O=C(O)c1ccc(CN2C(=O)C(=O)c3ccccc32)s1. The van der Waals surface area contributed by atoms with Crippen LogP contribution in [0, 0.1) is 0 Å². The molecule has 0 saturated heterocycles. The Labute approximate surface area is 118 Å². The van der Waals surface area contributed by atoms with E-state index >= 15 is 0 Å². The molecule has 2 aromatic rings. The Morgan fingerprint density at radius 2 is 1.90 bits per heavy atom. The van der Waals surface area contributed by atoms with Gasteiger partial charge in [-0.05, 0) is 24.3 Å². The number of carbonyl (C=O) groups excluding carboxylic acids is 2. The highest BCUT2D eigenvalue weighted by Gasteiger charge is 2.35. The molecule has 1 aliphatic rings.